The minimum atomic E-state index is -0.603. The van der Waals surface area contributed by atoms with Crippen molar-refractivity contribution in [3.8, 4) is 5.75 Å². The van der Waals surface area contributed by atoms with E-state index in [1.54, 1.807) is 54.6 Å². The van der Waals surface area contributed by atoms with Crippen molar-refractivity contribution in [2.75, 3.05) is 11.9 Å². The average molecular weight is 455 g/mol. The molecule has 0 aliphatic rings. The maximum Gasteiger partial charge on any atom is 0.282 e. The Bertz CT molecular complexity index is 1050. The van der Waals surface area contributed by atoms with Crippen LogP contribution in [0.5, 0.6) is 5.75 Å². The number of rotatable bonds is 7. The minimum Gasteiger partial charge on any atom is -0.485 e. The highest BCUT2D eigenvalue weighted by molar-refractivity contribution is 9.10. The van der Waals surface area contributed by atoms with Crippen molar-refractivity contribution in [2.24, 2.45) is 0 Å². The van der Waals surface area contributed by atoms with Crippen LogP contribution >= 0.6 is 15.9 Å². The molecule has 0 aliphatic heterocycles. The van der Waals surface area contributed by atoms with E-state index in [9.17, 15) is 19.7 Å². The fourth-order valence-corrected chi connectivity index (χ4v) is 2.79. The summed E-state index contributed by atoms with van der Waals surface area (Å²) >= 11 is 3.31. The van der Waals surface area contributed by atoms with Crippen molar-refractivity contribution in [2.45, 2.75) is 0 Å². The van der Waals surface area contributed by atoms with E-state index in [1.807, 2.05) is 0 Å². The van der Waals surface area contributed by atoms with Gasteiger partial charge >= 0.3 is 0 Å². The van der Waals surface area contributed by atoms with Gasteiger partial charge in [-0.05, 0) is 42.5 Å². The van der Waals surface area contributed by atoms with Crippen LogP contribution in [0.15, 0.2) is 77.3 Å². The van der Waals surface area contributed by atoms with Gasteiger partial charge in [0.25, 0.3) is 11.6 Å². The zero-order chi connectivity index (χ0) is 20.8. The maximum absolute atomic E-state index is 12.3. The third kappa shape index (κ3) is 5.26. The number of amides is 1. The maximum atomic E-state index is 12.3. The van der Waals surface area contributed by atoms with Crippen molar-refractivity contribution < 1.29 is 19.2 Å². The molecule has 0 unspecified atom stereocenters. The molecule has 1 amide bonds. The Kier molecular flexibility index (Phi) is 6.36. The van der Waals surface area contributed by atoms with Gasteiger partial charge in [0.2, 0.25) is 0 Å². The van der Waals surface area contributed by atoms with Crippen molar-refractivity contribution in [3.05, 3.63) is 98.5 Å². The van der Waals surface area contributed by atoms with Gasteiger partial charge in [0.15, 0.2) is 12.4 Å². The smallest absolute Gasteiger partial charge is 0.282 e. The molecular weight excluding hydrogens is 440 g/mol. The highest BCUT2D eigenvalue weighted by Crippen LogP contribution is 2.21. The number of nitrogens with zero attached hydrogens (tertiary/aromatic N) is 1. The van der Waals surface area contributed by atoms with Gasteiger partial charge in [-0.1, -0.05) is 40.2 Å². The van der Waals surface area contributed by atoms with E-state index in [0.717, 1.165) is 4.47 Å². The highest BCUT2D eigenvalue weighted by atomic mass is 79.9. The first-order valence-corrected chi connectivity index (χ1v) is 9.30. The highest BCUT2D eigenvalue weighted by Gasteiger charge is 2.19. The largest absolute Gasteiger partial charge is 0.485 e. The predicted molar refractivity (Wildman–Crippen MR) is 111 cm³/mol. The lowest BCUT2D eigenvalue weighted by molar-refractivity contribution is -0.385. The summed E-state index contributed by atoms with van der Waals surface area (Å²) in [6, 6.07) is 19.1. The Morgan fingerprint density at radius 2 is 1.62 bits per heavy atom. The summed E-state index contributed by atoms with van der Waals surface area (Å²) in [6.45, 7) is -0.121. The second kappa shape index (κ2) is 9.11. The third-order valence-corrected chi connectivity index (χ3v) is 4.52. The molecule has 1 N–H and O–H groups in total. The Morgan fingerprint density at radius 3 is 2.28 bits per heavy atom. The first kappa shape index (κ1) is 20.2. The van der Waals surface area contributed by atoms with Crippen molar-refractivity contribution in [3.63, 3.8) is 0 Å². The first-order chi connectivity index (χ1) is 13.9. The quantitative estimate of drug-likeness (QED) is 0.311. The van der Waals surface area contributed by atoms with Crippen LogP contribution in [0, 0.1) is 10.1 Å². The van der Waals surface area contributed by atoms with E-state index in [1.165, 1.54) is 18.2 Å². The van der Waals surface area contributed by atoms with Crippen LogP contribution in [0.3, 0.4) is 0 Å². The Morgan fingerprint density at radius 1 is 0.966 bits per heavy atom. The van der Waals surface area contributed by atoms with Gasteiger partial charge in [0, 0.05) is 21.8 Å². The Labute approximate surface area is 174 Å². The molecule has 0 atom stereocenters. The van der Waals surface area contributed by atoms with Crippen LogP contribution in [0.1, 0.15) is 20.7 Å². The second-order valence-electron chi connectivity index (χ2n) is 5.97. The molecule has 29 heavy (non-hydrogen) atoms. The van der Waals surface area contributed by atoms with Gasteiger partial charge in [0.1, 0.15) is 11.3 Å². The first-order valence-electron chi connectivity index (χ1n) is 8.50. The third-order valence-electron chi connectivity index (χ3n) is 3.99. The van der Waals surface area contributed by atoms with Gasteiger partial charge < -0.3 is 10.1 Å². The monoisotopic (exact) mass is 454 g/mol. The summed E-state index contributed by atoms with van der Waals surface area (Å²) in [5.74, 6) is -0.290. The van der Waals surface area contributed by atoms with E-state index in [-0.39, 0.29) is 23.6 Å². The number of ketones is 1. The lowest BCUT2D eigenvalue weighted by atomic mass is 10.1. The van der Waals surface area contributed by atoms with Gasteiger partial charge in [0.05, 0.1) is 4.92 Å². The number of halogens is 1. The lowest BCUT2D eigenvalue weighted by Gasteiger charge is -2.08. The molecule has 0 fully saturated rings. The number of hydrogen-bond donors (Lipinski definition) is 1. The van der Waals surface area contributed by atoms with E-state index in [0.29, 0.717) is 17.0 Å². The zero-order valence-corrected chi connectivity index (χ0v) is 16.6. The molecule has 3 rings (SSSR count). The van der Waals surface area contributed by atoms with E-state index < -0.39 is 10.8 Å². The minimum absolute atomic E-state index is 0.0297. The lowest BCUT2D eigenvalue weighted by Crippen LogP contribution is -2.14. The van der Waals surface area contributed by atoms with Crippen LogP contribution < -0.4 is 10.1 Å². The standard InChI is InChI=1S/C21H15BrN2O5/c22-15-7-5-14(6-8-15)20(25)13-29-17-11-9-16(10-12-17)23-21(26)18-3-1-2-4-19(18)24(27)28/h1-12H,13H2,(H,23,26). The number of nitrogens with one attached hydrogen (secondary N) is 1. The molecule has 0 aromatic heterocycles. The van der Waals surface area contributed by atoms with E-state index in [4.69, 9.17) is 4.74 Å². The SMILES string of the molecule is O=C(COc1ccc(NC(=O)c2ccccc2[N+](=O)[O-])cc1)c1ccc(Br)cc1. The molecule has 3 aromatic rings. The van der Waals surface area contributed by atoms with E-state index >= 15 is 0 Å². The van der Waals surface area contributed by atoms with Crippen LogP contribution in [0.2, 0.25) is 0 Å². The number of nitro benzene ring substituents is 1. The summed E-state index contributed by atoms with van der Waals surface area (Å²) in [6.07, 6.45) is 0. The fourth-order valence-electron chi connectivity index (χ4n) is 2.53. The fraction of sp³-hybridized carbons (Fsp3) is 0.0476. The number of anilines is 1. The van der Waals surface area contributed by atoms with Gasteiger partial charge in [-0.2, -0.15) is 0 Å². The van der Waals surface area contributed by atoms with E-state index in [2.05, 4.69) is 21.2 Å². The van der Waals surface area contributed by atoms with Crippen LogP contribution in [-0.4, -0.2) is 23.2 Å². The number of ether oxygens (including phenoxy) is 1. The summed E-state index contributed by atoms with van der Waals surface area (Å²) in [5.41, 5.74) is 0.690. The molecule has 0 spiro atoms. The molecule has 0 bridgehead atoms. The number of hydrogen-bond acceptors (Lipinski definition) is 5. The Hall–Kier alpha value is -3.52. The molecular formula is C21H15BrN2O5. The van der Waals surface area contributed by atoms with Crippen LogP contribution in [0.25, 0.3) is 0 Å². The summed E-state index contributed by atoms with van der Waals surface area (Å²) < 4.78 is 6.37. The molecule has 0 aliphatic carbocycles. The number of para-hydroxylation sites is 1. The topological polar surface area (TPSA) is 98.5 Å². The molecule has 146 valence electrons. The summed E-state index contributed by atoms with van der Waals surface area (Å²) in [5, 5.41) is 13.7. The summed E-state index contributed by atoms with van der Waals surface area (Å²) in [7, 11) is 0. The van der Waals surface area contributed by atoms with Crippen molar-refractivity contribution >= 4 is 39.0 Å². The second-order valence-corrected chi connectivity index (χ2v) is 6.89. The van der Waals surface area contributed by atoms with Crippen molar-refractivity contribution in [1.29, 1.82) is 0 Å². The molecule has 0 radical (unpaired) electrons. The Balaban J connectivity index is 1.60. The van der Waals surface area contributed by atoms with Gasteiger partial charge in [-0.15, -0.1) is 0 Å². The number of carbonyl (C=O) groups is 2. The summed E-state index contributed by atoms with van der Waals surface area (Å²) in [4.78, 5) is 34.9. The normalized spacial score (nSPS) is 10.2. The molecule has 8 heteroatoms. The average Bonchev–Trinajstić information content (AvgIpc) is 2.73. The number of benzene rings is 3. The zero-order valence-electron chi connectivity index (χ0n) is 15.0. The van der Waals surface area contributed by atoms with Gasteiger partial charge in [-0.3, -0.25) is 19.7 Å². The molecule has 0 saturated carbocycles. The molecule has 3 aromatic carbocycles. The molecule has 0 saturated heterocycles. The number of nitro groups is 1. The van der Waals surface area contributed by atoms with Crippen LogP contribution in [0.4, 0.5) is 11.4 Å². The number of carbonyl (C=O) groups excluding carboxylic acids is 2. The molecule has 7 nitrogen and oxygen atoms in total. The predicted octanol–water partition coefficient (Wildman–Crippen LogP) is 4.87. The molecule has 0 heterocycles. The van der Waals surface area contributed by atoms with Gasteiger partial charge in [-0.25, -0.2) is 0 Å². The number of Topliss-reactive ketones (excluding diaryl/α,β-unsaturated/α-hetero) is 1. The van der Waals surface area contributed by atoms with Crippen LogP contribution in [-0.2, 0) is 0 Å². The van der Waals surface area contributed by atoms with Crippen molar-refractivity contribution in [1.82, 2.24) is 0 Å².